The summed E-state index contributed by atoms with van der Waals surface area (Å²) in [5.74, 6) is 1.71. The molecule has 1 aromatic heterocycles. The molecule has 124 valence electrons. The van der Waals surface area contributed by atoms with E-state index in [-0.39, 0.29) is 21.7 Å². The summed E-state index contributed by atoms with van der Waals surface area (Å²) in [7, 11) is 0. The third kappa shape index (κ3) is 2.63. The summed E-state index contributed by atoms with van der Waals surface area (Å²) in [5, 5.41) is 0. The number of aromatic nitrogens is 1. The van der Waals surface area contributed by atoms with Crippen molar-refractivity contribution in [3.63, 3.8) is 0 Å². The zero-order valence-electron chi connectivity index (χ0n) is 14.0. The van der Waals surface area contributed by atoms with Gasteiger partial charge in [0.25, 0.3) is 0 Å². The molecule has 0 aromatic carbocycles. The quantitative estimate of drug-likeness (QED) is 0.713. The van der Waals surface area contributed by atoms with Gasteiger partial charge in [0, 0.05) is 16.6 Å². The molecule has 4 heteroatoms. The number of pyridine rings is 1. The van der Waals surface area contributed by atoms with Crippen molar-refractivity contribution in [1.82, 2.24) is 4.57 Å². The van der Waals surface area contributed by atoms with Crippen LogP contribution in [0.3, 0.4) is 0 Å². The van der Waals surface area contributed by atoms with Crippen molar-refractivity contribution < 1.29 is 4.79 Å². The molecule has 2 atom stereocenters. The molecule has 1 aromatic rings. The first-order valence-corrected chi connectivity index (χ1v) is 9.64. The van der Waals surface area contributed by atoms with Crippen LogP contribution in [0.1, 0.15) is 57.2 Å². The van der Waals surface area contributed by atoms with Crippen LogP contribution in [-0.2, 0) is 0 Å². The van der Waals surface area contributed by atoms with Gasteiger partial charge < -0.3 is 0 Å². The highest BCUT2D eigenvalue weighted by molar-refractivity contribution is 9.10. The van der Waals surface area contributed by atoms with Crippen molar-refractivity contribution in [2.45, 2.75) is 62.7 Å². The Morgan fingerprint density at radius 3 is 2.57 bits per heavy atom. The number of nitrogens with zero attached hydrogens (tertiary/aromatic N) is 2. The smallest absolute Gasteiger partial charge is 0.238 e. The van der Waals surface area contributed by atoms with Crippen LogP contribution in [0.25, 0.3) is 0 Å². The van der Waals surface area contributed by atoms with Crippen LogP contribution < -0.4 is 5.49 Å². The van der Waals surface area contributed by atoms with E-state index in [0.717, 1.165) is 36.6 Å². The molecular weight excluding hydrogens is 352 g/mol. The van der Waals surface area contributed by atoms with Crippen LogP contribution in [-0.4, -0.2) is 20.8 Å². The largest absolute Gasteiger partial charge is 0.273 e. The normalized spacial score (nSPS) is 39.2. The molecule has 4 aliphatic carbocycles. The van der Waals surface area contributed by atoms with Gasteiger partial charge in [0.1, 0.15) is 5.49 Å². The minimum atomic E-state index is -0.180. The second-order valence-electron chi connectivity index (χ2n) is 8.35. The molecule has 1 heterocycles. The van der Waals surface area contributed by atoms with Gasteiger partial charge in [0.2, 0.25) is 5.91 Å². The summed E-state index contributed by atoms with van der Waals surface area (Å²) in [6, 6.07) is 6.07. The van der Waals surface area contributed by atoms with Crippen LogP contribution >= 0.6 is 15.9 Å². The fourth-order valence-electron chi connectivity index (χ4n) is 5.63. The van der Waals surface area contributed by atoms with Gasteiger partial charge in [-0.1, -0.05) is 22.0 Å². The van der Waals surface area contributed by atoms with Crippen LogP contribution in [0, 0.1) is 17.3 Å². The molecular formula is C19H25BrN2O. The Morgan fingerprint density at radius 2 is 1.96 bits per heavy atom. The molecule has 0 spiro atoms. The Balaban J connectivity index is 1.76. The van der Waals surface area contributed by atoms with Crippen molar-refractivity contribution in [2.75, 3.05) is 0 Å². The molecule has 23 heavy (non-hydrogen) atoms. The highest BCUT2D eigenvalue weighted by Crippen LogP contribution is 2.64. The molecule has 2 unspecified atom stereocenters. The van der Waals surface area contributed by atoms with E-state index in [0.29, 0.717) is 0 Å². The van der Waals surface area contributed by atoms with Gasteiger partial charge in [-0.05, 0) is 76.3 Å². The van der Waals surface area contributed by atoms with Gasteiger partial charge in [0.15, 0.2) is 0 Å². The van der Waals surface area contributed by atoms with Crippen LogP contribution in [0.4, 0.5) is 0 Å². The van der Waals surface area contributed by atoms with Gasteiger partial charge in [-0.25, -0.2) is 0 Å². The Labute approximate surface area is 146 Å². The van der Waals surface area contributed by atoms with E-state index in [9.17, 15) is 4.79 Å². The monoisotopic (exact) mass is 376 g/mol. The molecule has 3 nitrogen and oxygen atoms in total. The number of hydrogen-bond acceptors (Lipinski definition) is 2. The standard InChI is InChI=1S/C19H25BrN2O/c1-13(2)21-16-5-3-4-6-22(16)17(23)18-8-14-7-15(9-18)11-19(20,10-14)12-18/h3-6,13-15H,7-12H2,1-2H3. The summed E-state index contributed by atoms with van der Waals surface area (Å²) in [4.78, 5) is 18.2. The topological polar surface area (TPSA) is 34.4 Å². The minimum absolute atomic E-state index is 0.180. The predicted molar refractivity (Wildman–Crippen MR) is 94.5 cm³/mol. The lowest BCUT2D eigenvalue weighted by Crippen LogP contribution is -2.57. The van der Waals surface area contributed by atoms with Crippen molar-refractivity contribution in [2.24, 2.45) is 22.2 Å². The molecule has 4 saturated carbocycles. The summed E-state index contributed by atoms with van der Waals surface area (Å²) < 4.78 is 2.03. The summed E-state index contributed by atoms with van der Waals surface area (Å²) in [6.07, 6.45) is 8.86. The van der Waals surface area contributed by atoms with Crippen molar-refractivity contribution >= 4 is 21.8 Å². The van der Waals surface area contributed by atoms with Crippen LogP contribution in [0.2, 0.25) is 0 Å². The Bertz CT molecular complexity index is 691. The third-order valence-electron chi connectivity index (χ3n) is 5.89. The van der Waals surface area contributed by atoms with Gasteiger partial charge in [0.05, 0.1) is 5.41 Å². The number of rotatable bonds is 2. The SMILES string of the molecule is CC(C)N=c1ccccn1C(=O)C12CC3CC(CC(Br)(C3)C1)C2. The number of hydrogen-bond donors (Lipinski definition) is 0. The fraction of sp³-hybridized carbons (Fsp3) is 0.684. The third-order valence-corrected chi connectivity index (χ3v) is 6.82. The van der Waals surface area contributed by atoms with Crippen molar-refractivity contribution in [3.8, 4) is 0 Å². The van der Waals surface area contributed by atoms with E-state index < -0.39 is 0 Å². The van der Waals surface area contributed by atoms with E-state index in [4.69, 9.17) is 0 Å². The Kier molecular flexibility index (Phi) is 3.60. The fourth-order valence-corrected chi connectivity index (χ4v) is 7.08. The number of halogens is 1. The summed E-state index contributed by atoms with van der Waals surface area (Å²) in [6.45, 7) is 4.11. The maximum Gasteiger partial charge on any atom is 0.238 e. The lowest BCUT2D eigenvalue weighted by atomic mass is 9.49. The summed E-state index contributed by atoms with van der Waals surface area (Å²) in [5.41, 5.74) is 0.618. The molecule has 4 aliphatic rings. The minimum Gasteiger partial charge on any atom is -0.273 e. The molecule has 0 saturated heterocycles. The molecule has 0 aliphatic heterocycles. The van der Waals surface area contributed by atoms with Gasteiger partial charge in [-0.3, -0.25) is 14.4 Å². The first kappa shape index (κ1) is 15.6. The lowest BCUT2D eigenvalue weighted by molar-refractivity contribution is -0.0256. The highest BCUT2D eigenvalue weighted by Gasteiger charge is 2.60. The first-order valence-electron chi connectivity index (χ1n) is 8.84. The molecule has 5 rings (SSSR count). The van der Waals surface area contributed by atoms with E-state index >= 15 is 0 Å². The molecule has 0 radical (unpaired) electrons. The Hall–Kier alpha value is -0.900. The van der Waals surface area contributed by atoms with Crippen LogP contribution in [0.5, 0.6) is 0 Å². The van der Waals surface area contributed by atoms with E-state index in [1.807, 2.05) is 29.0 Å². The molecule has 0 amide bonds. The van der Waals surface area contributed by atoms with Crippen LogP contribution in [0.15, 0.2) is 29.4 Å². The number of alkyl halides is 1. The lowest BCUT2D eigenvalue weighted by Gasteiger charge is -2.59. The van der Waals surface area contributed by atoms with E-state index in [1.54, 1.807) is 0 Å². The summed E-state index contributed by atoms with van der Waals surface area (Å²) >= 11 is 4.01. The maximum absolute atomic E-state index is 13.5. The molecule has 4 bridgehead atoms. The zero-order valence-corrected chi connectivity index (χ0v) is 15.6. The second kappa shape index (κ2) is 5.30. The molecule has 0 N–H and O–H groups in total. The Morgan fingerprint density at radius 1 is 1.26 bits per heavy atom. The number of carbonyl (C=O) groups is 1. The first-order chi connectivity index (χ1) is 10.9. The van der Waals surface area contributed by atoms with Gasteiger partial charge in [-0.2, -0.15) is 0 Å². The second-order valence-corrected chi connectivity index (χ2v) is 10.0. The predicted octanol–water partition coefficient (Wildman–Crippen LogP) is 4.17. The maximum atomic E-state index is 13.5. The van der Waals surface area contributed by atoms with E-state index in [1.165, 1.54) is 19.3 Å². The average molecular weight is 377 g/mol. The average Bonchev–Trinajstić information content (AvgIpc) is 2.44. The van der Waals surface area contributed by atoms with Crippen molar-refractivity contribution in [3.05, 3.63) is 29.9 Å². The van der Waals surface area contributed by atoms with Crippen molar-refractivity contribution in [1.29, 1.82) is 0 Å². The molecule has 4 fully saturated rings. The number of carbonyl (C=O) groups excluding carboxylic acids is 1. The van der Waals surface area contributed by atoms with Gasteiger partial charge in [-0.15, -0.1) is 0 Å². The van der Waals surface area contributed by atoms with Gasteiger partial charge >= 0.3 is 0 Å². The highest BCUT2D eigenvalue weighted by atomic mass is 79.9. The van der Waals surface area contributed by atoms with E-state index in [2.05, 4.69) is 34.8 Å². The zero-order chi connectivity index (χ0) is 16.2.